The molecule has 0 saturated heterocycles. The molecule has 0 saturated carbocycles. The maximum atomic E-state index is 13.1. The molecule has 0 radical (unpaired) electrons. The van der Waals surface area contributed by atoms with Crippen LogP contribution in [0.3, 0.4) is 0 Å². The molecule has 0 spiro atoms. The first kappa shape index (κ1) is 28.5. The number of rotatable bonds is 11. The molecule has 0 aliphatic heterocycles. The lowest BCUT2D eigenvalue weighted by Gasteiger charge is -2.30. The number of carbonyl (C=O) groups excluding carboxylic acids is 2. The Labute approximate surface area is 198 Å². The van der Waals surface area contributed by atoms with Crippen molar-refractivity contribution in [3.8, 4) is 0 Å². The lowest BCUT2D eigenvalue weighted by Crippen LogP contribution is -2.52. The van der Waals surface area contributed by atoms with Crippen LogP contribution < -0.4 is 0 Å². The smallest absolute Gasteiger partial charge is 0.414 e. The van der Waals surface area contributed by atoms with Gasteiger partial charge in [0.05, 0.1) is 6.61 Å². The van der Waals surface area contributed by atoms with Gasteiger partial charge < -0.3 is 24.6 Å². The number of nitrogens with zero attached hydrogens (tertiary/aromatic N) is 1. The van der Waals surface area contributed by atoms with Crippen LogP contribution in [0, 0.1) is 0 Å². The minimum absolute atomic E-state index is 0.147. The third-order valence-corrected chi connectivity index (χ3v) is 4.68. The molecular weight excluding hydrogens is 442 g/mol. The fourth-order valence-electron chi connectivity index (χ4n) is 2.86. The summed E-state index contributed by atoms with van der Waals surface area (Å²) in [5.74, 6) is -4.55. The second-order valence-electron chi connectivity index (χ2n) is 7.59. The van der Waals surface area contributed by atoms with E-state index in [9.17, 15) is 9.59 Å². The van der Waals surface area contributed by atoms with Crippen LogP contribution >= 0.6 is 0 Å². The van der Waals surface area contributed by atoms with Gasteiger partial charge in [-0.05, 0) is 25.2 Å². The first-order chi connectivity index (χ1) is 16.1. The zero-order valence-corrected chi connectivity index (χ0v) is 19.6. The Bertz CT molecular complexity index is 918. The van der Waals surface area contributed by atoms with Crippen LogP contribution in [0.2, 0.25) is 0 Å². The number of carboxylic acids is 2. The molecule has 1 atom stereocenters. The Morgan fingerprint density at radius 3 is 1.79 bits per heavy atom. The van der Waals surface area contributed by atoms with E-state index in [-0.39, 0.29) is 31.8 Å². The van der Waals surface area contributed by atoms with Gasteiger partial charge in [0.15, 0.2) is 5.78 Å². The molecule has 0 heterocycles. The number of likely N-dealkylation sites (N-methyl/N-ethyl adjacent to an activating group) is 1. The van der Waals surface area contributed by atoms with Gasteiger partial charge in [0.2, 0.25) is 5.60 Å². The van der Waals surface area contributed by atoms with Crippen LogP contribution in [0.1, 0.15) is 24.5 Å². The van der Waals surface area contributed by atoms with Crippen LogP contribution in [0.15, 0.2) is 60.7 Å². The highest BCUT2D eigenvalue weighted by Gasteiger charge is 2.47. The number of carbonyl (C=O) groups is 4. The van der Waals surface area contributed by atoms with Gasteiger partial charge in [0.1, 0.15) is 6.61 Å². The van der Waals surface area contributed by atoms with E-state index in [1.54, 1.807) is 6.92 Å². The van der Waals surface area contributed by atoms with Crippen molar-refractivity contribution in [1.82, 2.24) is 4.90 Å². The number of aliphatic carboxylic acids is 2. The summed E-state index contributed by atoms with van der Waals surface area (Å²) >= 11 is 0. The van der Waals surface area contributed by atoms with Gasteiger partial charge >= 0.3 is 17.9 Å². The number of esters is 1. The molecule has 2 aromatic carbocycles. The van der Waals surface area contributed by atoms with E-state index in [0.717, 1.165) is 11.1 Å². The van der Waals surface area contributed by atoms with E-state index in [1.165, 1.54) is 0 Å². The SMILES string of the molecule is CCC(=O)C(Cc1ccccc1)(OCc1ccccc1)C(=O)OCCN(C)C.O=C(O)C(=O)O. The second kappa shape index (κ2) is 14.6. The molecule has 1 unspecified atom stereocenters. The number of ketones is 1. The first-order valence-corrected chi connectivity index (χ1v) is 10.7. The molecule has 9 heteroatoms. The Hall–Kier alpha value is -3.56. The summed E-state index contributed by atoms with van der Waals surface area (Å²) in [6.45, 7) is 2.67. The zero-order chi connectivity index (χ0) is 25.6. The largest absolute Gasteiger partial charge is 0.473 e. The molecule has 34 heavy (non-hydrogen) atoms. The van der Waals surface area contributed by atoms with Crippen molar-refractivity contribution in [1.29, 1.82) is 0 Å². The summed E-state index contributed by atoms with van der Waals surface area (Å²) in [5, 5.41) is 14.8. The van der Waals surface area contributed by atoms with Crippen LogP contribution in [-0.4, -0.2) is 71.7 Å². The third kappa shape index (κ3) is 9.51. The summed E-state index contributed by atoms with van der Waals surface area (Å²) < 4.78 is 11.5. The molecule has 9 nitrogen and oxygen atoms in total. The summed E-state index contributed by atoms with van der Waals surface area (Å²) in [4.78, 5) is 46.2. The minimum Gasteiger partial charge on any atom is -0.473 e. The van der Waals surface area contributed by atoms with Crippen molar-refractivity contribution in [3.63, 3.8) is 0 Å². The fourth-order valence-corrected chi connectivity index (χ4v) is 2.86. The highest BCUT2D eigenvalue weighted by molar-refractivity contribution is 6.27. The highest BCUT2D eigenvalue weighted by Crippen LogP contribution is 2.25. The van der Waals surface area contributed by atoms with E-state index in [2.05, 4.69) is 0 Å². The fraction of sp³-hybridized carbons (Fsp3) is 0.360. The van der Waals surface area contributed by atoms with Crippen LogP contribution in [0.5, 0.6) is 0 Å². The monoisotopic (exact) mass is 473 g/mol. The average Bonchev–Trinajstić information content (AvgIpc) is 2.82. The number of benzene rings is 2. The van der Waals surface area contributed by atoms with Crippen molar-refractivity contribution in [2.45, 2.75) is 32.0 Å². The maximum absolute atomic E-state index is 13.1. The number of ether oxygens (including phenoxy) is 2. The van der Waals surface area contributed by atoms with E-state index in [4.69, 9.17) is 29.3 Å². The van der Waals surface area contributed by atoms with Gasteiger partial charge in [-0.2, -0.15) is 0 Å². The van der Waals surface area contributed by atoms with Crippen LogP contribution in [0.25, 0.3) is 0 Å². The van der Waals surface area contributed by atoms with Gasteiger partial charge in [-0.15, -0.1) is 0 Å². The number of hydrogen-bond donors (Lipinski definition) is 2. The van der Waals surface area contributed by atoms with Gasteiger partial charge in [-0.25, -0.2) is 14.4 Å². The van der Waals surface area contributed by atoms with Gasteiger partial charge in [0.25, 0.3) is 0 Å². The molecule has 0 bridgehead atoms. The lowest BCUT2D eigenvalue weighted by atomic mass is 9.88. The first-order valence-electron chi connectivity index (χ1n) is 10.7. The number of carboxylic acid groups (broad SMARTS) is 2. The van der Waals surface area contributed by atoms with E-state index in [0.29, 0.717) is 6.54 Å². The molecule has 0 fully saturated rings. The van der Waals surface area contributed by atoms with Crippen LogP contribution in [-0.2, 0) is 41.7 Å². The standard InChI is InChI=1S/C23H29NO4.C2H2O4/c1-4-21(25)23(17-19-11-7-5-8-12-19,22(26)27-16-15-24(2)3)28-18-20-13-9-6-10-14-20;3-1(4)2(5)6/h5-14H,4,15-18H2,1-3H3;(H,3,4)(H,5,6). The second-order valence-corrected chi connectivity index (χ2v) is 7.59. The molecule has 0 aliphatic rings. The topological polar surface area (TPSA) is 130 Å². The van der Waals surface area contributed by atoms with Gasteiger partial charge in [0, 0.05) is 19.4 Å². The Morgan fingerprint density at radius 1 is 0.853 bits per heavy atom. The van der Waals surface area contributed by atoms with E-state index in [1.807, 2.05) is 79.7 Å². The van der Waals surface area contributed by atoms with Gasteiger partial charge in [-0.3, -0.25) is 4.79 Å². The van der Waals surface area contributed by atoms with Crippen LogP contribution in [0.4, 0.5) is 0 Å². The quantitative estimate of drug-likeness (QED) is 0.287. The summed E-state index contributed by atoms with van der Waals surface area (Å²) in [6, 6.07) is 18.9. The molecule has 184 valence electrons. The number of Topliss-reactive ketones (excluding diaryl/α,β-unsaturated/α-hetero) is 1. The van der Waals surface area contributed by atoms with Crippen molar-refractivity contribution in [3.05, 3.63) is 71.8 Å². The molecular formula is C25H31NO8. The lowest BCUT2D eigenvalue weighted by molar-refractivity contribution is -0.179. The summed E-state index contributed by atoms with van der Waals surface area (Å²) in [6.07, 6.45) is 0.332. The van der Waals surface area contributed by atoms with Crippen molar-refractivity contribution >= 4 is 23.7 Å². The van der Waals surface area contributed by atoms with Crippen molar-refractivity contribution in [2.24, 2.45) is 0 Å². The molecule has 0 amide bonds. The summed E-state index contributed by atoms with van der Waals surface area (Å²) in [7, 11) is 3.79. The number of hydrogen-bond acceptors (Lipinski definition) is 7. The molecule has 2 N–H and O–H groups in total. The van der Waals surface area contributed by atoms with E-state index >= 15 is 0 Å². The molecule has 2 aromatic rings. The molecule has 2 rings (SSSR count). The van der Waals surface area contributed by atoms with Gasteiger partial charge in [-0.1, -0.05) is 67.6 Å². The average molecular weight is 474 g/mol. The van der Waals surface area contributed by atoms with Crippen molar-refractivity contribution in [2.75, 3.05) is 27.2 Å². The van der Waals surface area contributed by atoms with E-state index < -0.39 is 23.5 Å². The Kier molecular flexibility index (Phi) is 12.2. The zero-order valence-electron chi connectivity index (χ0n) is 19.6. The third-order valence-electron chi connectivity index (χ3n) is 4.68. The van der Waals surface area contributed by atoms with Crippen molar-refractivity contribution < 1.29 is 38.9 Å². The Balaban J connectivity index is 0.000000852. The Morgan fingerprint density at radius 2 is 1.35 bits per heavy atom. The molecule has 0 aromatic heterocycles. The maximum Gasteiger partial charge on any atom is 0.414 e. The molecule has 0 aliphatic carbocycles. The predicted molar refractivity (Wildman–Crippen MR) is 124 cm³/mol. The minimum atomic E-state index is -1.82. The predicted octanol–water partition coefficient (Wildman–Crippen LogP) is 2.42. The highest BCUT2D eigenvalue weighted by atomic mass is 16.6. The normalized spacial score (nSPS) is 12.1. The summed E-state index contributed by atoms with van der Waals surface area (Å²) in [5.41, 5.74) is 0.0879.